The van der Waals surface area contributed by atoms with E-state index in [9.17, 15) is 8.78 Å². The van der Waals surface area contributed by atoms with E-state index in [1.807, 2.05) is 12.3 Å². The Morgan fingerprint density at radius 1 is 1.31 bits per heavy atom. The third-order valence-electron chi connectivity index (χ3n) is 4.72. The monoisotopic (exact) mass is 360 g/mol. The van der Waals surface area contributed by atoms with Gasteiger partial charge in [-0.2, -0.15) is 8.78 Å². The first-order chi connectivity index (χ1) is 12.4. The van der Waals surface area contributed by atoms with Crippen molar-refractivity contribution in [3.63, 3.8) is 0 Å². The highest BCUT2D eigenvalue weighted by Gasteiger charge is 2.23. The second-order valence-corrected chi connectivity index (χ2v) is 7.18. The van der Waals surface area contributed by atoms with Crippen LogP contribution in [0, 0.1) is 5.92 Å². The number of rotatable bonds is 6. The van der Waals surface area contributed by atoms with Crippen LogP contribution in [0.25, 0.3) is 16.6 Å². The minimum Gasteiger partial charge on any atom is -0.435 e. The van der Waals surface area contributed by atoms with Crippen molar-refractivity contribution >= 4 is 22.8 Å². The number of halogens is 2. The zero-order valence-electron chi connectivity index (χ0n) is 15.8. The van der Waals surface area contributed by atoms with Crippen molar-refractivity contribution in [3.8, 4) is 5.75 Å². The van der Waals surface area contributed by atoms with Crippen LogP contribution in [0.15, 0.2) is 29.3 Å². The zero-order chi connectivity index (χ0) is 18.8. The molecule has 1 aromatic heterocycles. The molecule has 0 bridgehead atoms. The molecule has 0 spiro atoms. The summed E-state index contributed by atoms with van der Waals surface area (Å²) in [5, 5.41) is 1.09. The first-order valence-corrected chi connectivity index (χ1v) is 9.28. The van der Waals surface area contributed by atoms with E-state index >= 15 is 0 Å². The molecule has 1 aromatic carbocycles. The van der Waals surface area contributed by atoms with Gasteiger partial charge in [0, 0.05) is 23.7 Å². The summed E-state index contributed by atoms with van der Waals surface area (Å²) in [6.45, 7) is 5.69. The number of hydrogen-bond acceptors (Lipinski definition) is 2. The highest BCUT2D eigenvalue weighted by atomic mass is 19.3. The van der Waals surface area contributed by atoms with Gasteiger partial charge in [0.1, 0.15) is 5.75 Å². The van der Waals surface area contributed by atoms with Crippen LogP contribution >= 0.6 is 0 Å². The lowest BCUT2D eigenvalue weighted by Crippen LogP contribution is -2.09. The zero-order valence-corrected chi connectivity index (χ0v) is 15.8. The standard InChI is InChI=1S/C21H26F2N2O/c1-5-6-17-16-9-8-15(26-21(22)23)11-19(16)25(13(2)3)20(17)18-10-7-14(4)12-24-18/h8-14,21H,5-7H2,1-4H3. The predicted octanol–water partition coefficient (Wildman–Crippen LogP) is 6.23. The van der Waals surface area contributed by atoms with E-state index in [0.29, 0.717) is 5.92 Å². The molecule has 2 aromatic rings. The van der Waals surface area contributed by atoms with Crippen molar-refractivity contribution in [2.24, 2.45) is 10.9 Å². The minimum atomic E-state index is -2.82. The second-order valence-electron chi connectivity index (χ2n) is 7.18. The molecular weight excluding hydrogens is 334 g/mol. The lowest BCUT2D eigenvalue weighted by atomic mass is 10.0. The largest absolute Gasteiger partial charge is 0.435 e. The van der Waals surface area contributed by atoms with Gasteiger partial charge in [0.2, 0.25) is 0 Å². The molecule has 3 rings (SSSR count). The summed E-state index contributed by atoms with van der Waals surface area (Å²) < 4.78 is 32.2. The lowest BCUT2D eigenvalue weighted by molar-refractivity contribution is -0.0497. The van der Waals surface area contributed by atoms with E-state index < -0.39 is 6.61 Å². The van der Waals surface area contributed by atoms with Crippen LogP contribution in [0.3, 0.4) is 0 Å². The Bertz CT molecular complexity index is 849. The smallest absolute Gasteiger partial charge is 0.387 e. The highest BCUT2D eigenvalue weighted by molar-refractivity contribution is 5.92. The minimum absolute atomic E-state index is 0.176. The number of benzene rings is 1. The van der Waals surface area contributed by atoms with Crippen molar-refractivity contribution in [2.75, 3.05) is 0 Å². The molecule has 26 heavy (non-hydrogen) atoms. The van der Waals surface area contributed by atoms with Gasteiger partial charge >= 0.3 is 6.61 Å². The van der Waals surface area contributed by atoms with Crippen LogP contribution in [-0.2, 0) is 6.42 Å². The van der Waals surface area contributed by atoms with Crippen LogP contribution in [0.5, 0.6) is 5.75 Å². The number of aliphatic imine (C=N–C) groups is 1. The maximum atomic E-state index is 12.7. The Morgan fingerprint density at radius 2 is 2.08 bits per heavy atom. The average molecular weight is 360 g/mol. The van der Waals surface area contributed by atoms with Gasteiger partial charge in [0.05, 0.1) is 16.9 Å². The fourth-order valence-corrected chi connectivity index (χ4v) is 3.63. The summed E-state index contributed by atoms with van der Waals surface area (Å²) in [7, 11) is 0. The number of ether oxygens (including phenoxy) is 1. The van der Waals surface area contributed by atoms with Gasteiger partial charge in [0.25, 0.3) is 0 Å². The summed E-state index contributed by atoms with van der Waals surface area (Å²) in [6.07, 6.45) is 7.08. The molecule has 0 amide bonds. The van der Waals surface area contributed by atoms with Crippen molar-refractivity contribution in [3.05, 3.63) is 35.5 Å². The highest BCUT2D eigenvalue weighted by Crippen LogP contribution is 2.38. The number of alkyl halides is 2. The Kier molecular flexibility index (Phi) is 5.44. The lowest BCUT2D eigenvalue weighted by Gasteiger charge is -2.19. The Hall–Kier alpha value is -2.17. The van der Waals surface area contributed by atoms with Gasteiger partial charge in [-0.15, -0.1) is 0 Å². The molecule has 1 aliphatic rings. The molecule has 0 aliphatic carbocycles. The van der Waals surface area contributed by atoms with Crippen molar-refractivity contribution in [1.82, 2.24) is 4.57 Å². The van der Waals surface area contributed by atoms with Crippen LogP contribution in [-0.4, -0.2) is 17.4 Å². The van der Waals surface area contributed by atoms with E-state index in [0.717, 1.165) is 41.6 Å². The summed E-state index contributed by atoms with van der Waals surface area (Å²) in [4.78, 5) is 4.70. The van der Waals surface area contributed by atoms with E-state index in [1.54, 1.807) is 12.1 Å². The van der Waals surface area contributed by atoms with Gasteiger partial charge in [-0.3, -0.25) is 4.99 Å². The number of aromatic nitrogens is 1. The number of fused-ring (bicyclic) bond motifs is 1. The number of allylic oxidation sites excluding steroid dienone is 1. The summed E-state index contributed by atoms with van der Waals surface area (Å²) in [5.41, 5.74) is 4.24. The SMILES string of the molecule is CCCc1c(C2=CCC(C)C=N2)n(C(C)C)c2cc(OC(F)F)ccc12. The molecule has 0 N–H and O–H groups in total. The molecule has 0 saturated carbocycles. The predicted molar refractivity (Wildman–Crippen MR) is 103 cm³/mol. The Morgan fingerprint density at radius 3 is 2.65 bits per heavy atom. The molecule has 2 heterocycles. The van der Waals surface area contributed by atoms with E-state index in [4.69, 9.17) is 4.99 Å². The maximum Gasteiger partial charge on any atom is 0.387 e. The molecular formula is C21H26F2N2O. The van der Waals surface area contributed by atoms with Gasteiger partial charge in [-0.1, -0.05) is 26.3 Å². The summed E-state index contributed by atoms with van der Waals surface area (Å²) >= 11 is 0. The van der Waals surface area contributed by atoms with Gasteiger partial charge in [-0.05, 0) is 50.3 Å². The third kappa shape index (κ3) is 3.53. The summed E-state index contributed by atoms with van der Waals surface area (Å²) in [5.74, 6) is 0.632. The summed E-state index contributed by atoms with van der Waals surface area (Å²) in [6, 6.07) is 5.42. The number of nitrogens with zero attached hydrogens (tertiary/aromatic N) is 2. The van der Waals surface area contributed by atoms with E-state index in [1.165, 1.54) is 5.56 Å². The fourth-order valence-electron chi connectivity index (χ4n) is 3.63. The fraction of sp³-hybridized carbons (Fsp3) is 0.476. The number of aryl methyl sites for hydroxylation is 1. The van der Waals surface area contributed by atoms with Crippen LogP contribution in [0.2, 0.25) is 0 Å². The third-order valence-corrected chi connectivity index (χ3v) is 4.72. The van der Waals surface area contributed by atoms with Crippen LogP contribution in [0.1, 0.15) is 57.8 Å². The maximum absolute atomic E-state index is 12.7. The molecule has 1 unspecified atom stereocenters. The molecule has 140 valence electrons. The Balaban J connectivity index is 2.25. The van der Waals surface area contributed by atoms with Gasteiger partial charge in [-0.25, -0.2) is 0 Å². The Labute approximate surface area is 153 Å². The molecule has 0 saturated heterocycles. The molecule has 0 radical (unpaired) electrons. The normalized spacial score (nSPS) is 17.4. The molecule has 1 atom stereocenters. The first kappa shape index (κ1) is 18.6. The number of hydrogen-bond donors (Lipinski definition) is 0. The molecule has 1 aliphatic heterocycles. The molecule has 3 nitrogen and oxygen atoms in total. The van der Waals surface area contributed by atoms with Gasteiger partial charge < -0.3 is 9.30 Å². The van der Waals surface area contributed by atoms with E-state index in [2.05, 4.69) is 43.1 Å². The molecule has 5 heteroatoms. The van der Waals surface area contributed by atoms with Crippen LogP contribution < -0.4 is 4.74 Å². The van der Waals surface area contributed by atoms with Crippen LogP contribution in [0.4, 0.5) is 8.78 Å². The van der Waals surface area contributed by atoms with Crippen molar-refractivity contribution in [1.29, 1.82) is 0 Å². The molecule has 0 fully saturated rings. The van der Waals surface area contributed by atoms with Crippen molar-refractivity contribution < 1.29 is 13.5 Å². The average Bonchev–Trinajstić information content (AvgIpc) is 2.89. The van der Waals surface area contributed by atoms with E-state index in [-0.39, 0.29) is 11.8 Å². The first-order valence-electron chi connectivity index (χ1n) is 9.28. The second kappa shape index (κ2) is 7.60. The van der Waals surface area contributed by atoms with Gasteiger partial charge in [0.15, 0.2) is 0 Å². The quantitative estimate of drug-likeness (QED) is 0.600. The topological polar surface area (TPSA) is 26.5 Å². The van der Waals surface area contributed by atoms with Crippen molar-refractivity contribution in [2.45, 2.75) is 59.6 Å².